The van der Waals surface area contributed by atoms with E-state index in [2.05, 4.69) is 0 Å². The number of allylic oxidation sites excluding steroid dienone is 2. The monoisotopic (exact) mass is 274 g/mol. The first-order valence-electron chi connectivity index (χ1n) is 6.38. The van der Waals surface area contributed by atoms with Gasteiger partial charge in [0, 0.05) is 19.8 Å². The van der Waals surface area contributed by atoms with Crippen molar-refractivity contribution in [1.29, 1.82) is 0 Å². The maximum absolute atomic E-state index is 12.4. The molecule has 0 heterocycles. The van der Waals surface area contributed by atoms with Crippen LogP contribution in [0, 0.1) is 5.92 Å². The zero-order valence-electron chi connectivity index (χ0n) is 11.8. The summed E-state index contributed by atoms with van der Waals surface area (Å²) in [7, 11) is 3.00. The van der Waals surface area contributed by atoms with Gasteiger partial charge in [-0.2, -0.15) is 0 Å². The van der Waals surface area contributed by atoms with Crippen LogP contribution in [0.4, 0.5) is 0 Å². The zero-order valence-corrected chi connectivity index (χ0v) is 11.8. The molecule has 0 amide bonds. The van der Waals surface area contributed by atoms with Gasteiger partial charge in [0.05, 0.1) is 11.5 Å². The van der Waals surface area contributed by atoms with Crippen LogP contribution in [0.25, 0.3) is 0 Å². The topological polar surface area (TPSA) is 55.8 Å². The van der Waals surface area contributed by atoms with Crippen molar-refractivity contribution in [2.24, 2.45) is 5.92 Å². The first-order chi connectivity index (χ1) is 9.55. The van der Waals surface area contributed by atoms with E-state index >= 15 is 0 Å². The third-order valence-electron chi connectivity index (χ3n) is 3.69. The van der Waals surface area contributed by atoms with E-state index in [9.17, 15) is 9.90 Å². The fourth-order valence-electron chi connectivity index (χ4n) is 2.36. The van der Waals surface area contributed by atoms with Crippen molar-refractivity contribution in [3.8, 4) is 0 Å². The van der Waals surface area contributed by atoms with Gasteiger partial charge in [-0.3, -0.25) is 4.79 Å². The van der Waals surface area contributed by atoms with E-state index in [4.69, 9.17) is 9.47 Å². The van der Waals surface area contributed by atoms with E-state index in [-0.39, 0.29) is 17.1 Å². The minimum atomic E-state index is -1.04. The Kier molecular flexibility index (Phi) is 4.06. The lowest BCUT2D eigenvalue weighted by molar-refractivity contribution is -0.199. The van der Waals surface area contributed by atoms with Gasteiger partial charge in [-0.25, -0.2) is 0 Å². The van der Waals surface area contributed by atoms with Crippen molar-refractivity contribution in [2.45, 2.75) is 12.7 Å². The molecule has 1 unspecified atom stereocenters. The van der Waals surface area contributed by atoms with Crippen molar-refractivity contribution < 1.29 is 19.4 Å². The Balaban J connectivity index is 2.38. The fourth-order valence-corrected chi connectivity index (χ4v) is 2.36. The molecule has 0 bridgehead atoms. The Morgan fingerprint density at radius 1 is 1.20 bits per heavy atom. The van der Waals surface area contributed by atoms with Crippen LogP contribution < -0.4 is 0 Å². The van der Waals surface area contributed by atoms with E-state index in [0.29, 0.717) is 5.56 Å². The van der Waals surface area contributed by atoms with E-state index in [1.807, 2.05) is 6.07 Å². The number of hydrogen-bond acceptors (Lipinski definition) is 4. The molecule has 1 aliphatic rings. The second-order valence-corrected chi connectivity index (χ2v) is 4.68. The Hall–Kier alpha value is -1.91. The first kappa shape index (κ1) is 14.5. The van der Waals surface area contributed by atoms with Crippen LogP contribution in [0.3, 0.4) is 0 Å². The molecule has 4 nitrogen and oxygen atoms in total. The molecule has 0 aromatic heterocycles. The number of benzene rings is 1. The lowest BCUT2D eigenvalue weighted by Gasteiger charge is -2.36. The molecular formula is C16H18O4. The van der Waals surface area contributed by atoms with Gasteiger partial charge in [0.2, 0.25) is 0 Å². The van der Waals surface area contributed by atoms with Gasteiger partial charge in [0.15, 0.2) is 11.6 Å². The summed E-state index contributed by atoms with van der Waals surface area (Å²) in [5.74, 6) is -1.74. The summed E-state index contributed by atoms with van der Waals surface area (Å²) >= 11 is 0. The van der Waals surface area contributed by atoms with Crippen molar-refractivity contribution in [1.82, 2.24) is 0 Å². The average molecular weight is 274 g/mol. The highest BCUT2D eigenvalue weighted by Crippen LogP contribution is 2.35. The van der Waals surface area contributed by atoms with Crippen LogP contribution in [0.15, 0.2) is 53.8 Å². The van der Waals surface area contributed by atoms with Crippen molar-refractivity contribution in [3.05, 3.63) is 59.4 Å². The molecule has 0 fully saturated rings. The van der Waals surface area contributed by atoms with Crippen molar-refractivity contribution in [3.63, 3.8) is 0 Å². The molecule has 2 rings (SSSR count). The number of methoxy groups -OCH3 is 2. The zero-order chi connectivity index (χ0) is 14.8. The Morgan fingerprint density at radius 3 is 2.35 bits per heavy atom. The number of rotatable bonds is 4. The highest BCUT2D eigenvalue weighted by atomic mass is 16.7. The SMILES string of the molecule is COC1(OC)C=CC(C(=O)c2ccccc2)=C(O)C1C. The highest BCUT2D eigenvalue weighted by Gasteiger charge is 2.41. The molecule has 1 aromatic carbocycles. The van der Waals surface area contributed by atoms with E-state index in [0.717, 1.165) is 0 Å². The predicted octanol–water partition coefficient (Wildman–Crippen LogP) is 2.88. The summed E-state index contributed by atoms with van der Waals surface area (Å²) in [6, 6.07) is 8.85. The van der Waals surface area contributed by atoms with Crippen molar-refractivity contribution >= 4 is 5.78 Å². The summed E-state index contributed by atoms with van der Waals surface area (Å²) in [6.07, 6.45) is 3.21. The molecular weight excluding hydrogens is 256 g/mol. The van der Waals surface area contributed by atoms with Gasteiger partial charge in [-0.1, -0.05) is 30.3 Å². The van der Waals surface area contributed by atoms with E-state index in [1.54, 1.807) is 43.3 Å². The van der Waals surface area contributed by atoms with Gasteiger partial charge in [0.1, 0.15) is 5.76 Å². The molecule has 1 aliphatic carbocycles. The molecule has 1 aromatic rings. The van der Waals surface area contributed by atoms with Crippen LogP contribution in [0.1, 0.15) is 17.3 Å². The molecule has 20 heavy (non-hydrogen) atoms. The summed E-state index contributed by atoms with van der Waals surface area (Å²) in [6.45, 7) is 1.75. The number of aliphatic hydroxyl groups excluding tert-OH is 1. The van der Waals surface area contributed by atoms with Crippen LogP contribution in [-0.2, 0) is 9.47 Å². The molecule has 0 aliphatic heterocycles. The van der Waals surface area contributed by atoms with Gasteiger partial charge in [-0.15, -0.1) is 0 Å². The normalized spacial score (nSPS) is 21.1. The second kappa shape index (κ2) is 5.61. The number of carbonyl (C=O) groups is 1. The number of ether oxygens (including phenoxy) is 2. The predicted molar refractivity (Wildman–Crippen MR) is 75.5 cm³/mol. The third kappa shape index (κ3) is 2.28. The molecule has 0 saturated heterocycles. The van der Waals surface area contributed by atoms with Crippen molar-refractivity contribution in [2.75, 3.05) is 14.2 Å². The highest BCUT2D eigenvalue weighted by molar-refractivity contribution is 6.11. The van der Waals surface area contributed by atoms with Crippen LogP contribution in [0.2, 0.25) is 0 Å². The summed E-state index contributed by atoms with van der Waals surface area (Å²) in [5, 5.41) is 10.3. The van der Waals surface area contributed by atoms with Gasteiger partial charge >= 0.3 is 0 Å². The average Bonchev–Trinajstić information content (AvgIpc) is 2.51. The Labute approximate surface area is 118 Å². The van der Waals surface area contributed by atoms with Gasteiger partial charge in [0.25, 0.3) is 0 Å². The van der Waals surface area contributed by atoms with Crippen LogP contribution in [0.5, 0.6) is 0 Å². The smallest absolute Gasteiger partial charge is 0.197 e. The summed E-state index contributed by atoms with van der Waals surface area (Å²) < 4.78 is 10.7. The minimum absolute atomic E-state index is 0.0231. The number of aliphatic hydroxyl groups is 1. The molecule has 106 valence electrons. The number of carbonyl (C=O) groups excluding carboxylic acids is 1. The molecule has 1 atom stereocenters. The molecule has 0 spiro atoms. The molecule has 0 saturated carbocycles. The number of Topliss-reactive ketones (excluding diaryl/α,β-unsaturated/α-hetero) is 1. The van der Waals surface area contributed by atoms with Crippen LogP contribution in [-0.4, -0.2) is 30.9 Å². The molecule has 4 heteroatoms. The van der Waals surface area contributed by atoms with Crippen LogP contribution >= 0.6 is 0 Å². The molecule has 0 radical (unpaired) electrons. The number of hydrogen-bond donors (Lipinski definition) is 1. The lowest BCUT2D eigenvalue weighted by atomic mass is 9.86. The second-order valence-electron chi connectivity index (χ2n) is 4.68. The first-order valence-corrected chi connectivity index (χ1v) is 6.38. The van der Waals surface area contributed by atoms with Gasteiger partial charge in [-0.05, 0) is 19.1 Å². The maximum atomic E-state index is 12.4. The maximum Gasteiger partial charge on any atom is 0.197 e. The summed E-state index contributed by atoms with van der Waals surface area (Å²) in [4.78, 5) is 12.4. The van der Waals surface area contributed by atoms with E-state index < -0.39 is 11.7 Å². The number of ketones is 1. The molecule has 1 N–H and O–H groups in total. The lowest BCUT2D eigenvalue weighted by Crippen LogP contribution is -2.42. The third-order valence-corrected chi connectivity index (χ3v) is 3.69. The largest absolute Gasteiger partial charge is 0.511 e. The Bertz CT molecular complexity index is 553. The van der Waals surface area contributed by atoms with Gasteiger partial charge < -0.3 is 14.6 Å². The standard InChI is InChI=1S/C16H18O4/c1-11-14(17)13(9-10-16(11,19-2)20-3)15(18)12-7-5-4-6-8-12/h4-11,17H,1-3H3. The quantitative estimate of drug-likeness (QED) is 0.677. The summed E-state index contributed by atoms with van der Waals surface area (Å²) in [5.41, 5.74) is 0.807. The van der Waals surface area contributed by atoms with E-state index in [1.165, 1.54) is 14.2 Å². The Morgan fingerprint density at radius 2 is 1.80 bits per heavy atom. The minimum Gasteiger partial charge on any atom is -0.511 e. The fraction of sp³-hybridized carbons (Fsp3) is 0.312.